The Balaban J connectivity index is 1.89. The van der Waals surface area contributed by atoms with E-state index in [0.717, 1.165) is 6.08 Å². The fourth-order valence-electron chi connectivity index (χ4n) is 2.07. The lowest BCUT2D eigenvalue weighted by molar-refractivity contribution is -0.148. The average Bonchev–Trinajstić information content (AvgIpc) is 2.60. The van der Waals surface area contributed by atoms with Crippen molar-refractivity contribution < 1.29 is 23.5 Å². The molecule has 0 saturated carbocycles. The van der Waals surface area contributed by atoms with Gasteiger partial charge in [0.05, 0.1) is 0 Å². The molecule has 0 spiro atoms. The third-order valence-corrected chi connectivity index (χ3v) is 3.48. The Kier molecular flexibility index (Phi) is 6.38. The van der Waals surface area contributed by atoms with Crippen LogP contribution in [0, 0.1) is 5.82 Å². The Labute approximate surface area is 150 Å². The molecule has 2 aromatic carbocycles. The molecule has 0 aliphatic heterocycles. The average molecular weight is 355 g/mol. The van der Waals surface area contributed by atoms with Gasteiger partial charge < -0.3 is 10.1 Å². The summed E-state index contributed by atoms with van der Waals surface area (Å²) in [6.07, 6.45) is 1.50. The van der Waals surface area contributed by atoms with Crippen molar-refractivity contribution in [1.82, 2.24) is 0 Å². The summed E-state index contributed by atoms with van der Waals surface area (Å²) in [7, 11) is 0. The third kappa shape index (κ3) is 5.66. The molecule has 0 aliphatic rings. The molecule has 1 atom stereocenters. The molecule has 0 unspecified atom stereocenters. The maximum atomic E-state index is 13.1. The van der Waals surface area contributed by atoms with Crippen molar-refractivity contribution in [3.63, 3.8) is 0 Å². The Morgan fingerprint density at radius 3 is 2.42 bits per heavy atom. The monoisotopic (exact) mass is 355 g/mol. The van der Waals surface area contributed by atoms with Crippen molar-refractivity contribution in [1.29, 1.82) is 0 Å². The van der Waals surface area contributed by atoms with Crippen LogP contribution in [0.25, 0.3) is 6.08 Å². The Hall–Kier alpha value is -3.28. The third-order valence-electron chi connectivity index (χ3n) is 3.48. The summed E-state index contributed by atoms with van der Waals surface area (Å²) in [5.41, 5.74) is 1.52. The number of nitrogens with one attached hydrogen (secondary N) is 1. The molecule has 2 rings (SSSR count). The van der Waals surface area contributed by atoms with E-state index in [-0.39, 0.29) is 5.78 Å². The van der Waals surface area contributed by atoms with Gasteiger partial charge in [0.1, 0.15) is 5.82 Å². The summed E-state index contributed by atoms with van der Waals surface area (Å²) in [5.74, 6) is -1.71. The fraction of sp³-hybridized carbons (Fsp3) is 0.150. The number of carbonyl (C=O) groups is 3. The van der Waals surface area contributed by atoms with Crippen LogP contribution in [0.5, 0.6) is 0 Å². The van der Waals surface area contributed by atoms with Crippen LogP contribution < -0.4 is 5.32 Å². The molecule has 1 N–H and O–H groups in total. The lowest BCUT2D eigenvalue weighted by atomic mass is 10.1. The van der Waals surface area contributed by atoms with E-state index in [2.05, 4.69) is 5.32 Å². The van der Waals surface area contributed by atoms with Gasteiger partial charge >= 0.3 is 5.97 Å². The molecule has 0 saturated heterocycles. The molecule has 0 heterocycles. The highest BCUT2D eigenvalue weighted by Gasteiger charge is 2.16. The van der Waals surface area contributed by atoms with Gasteiger partial charge in [-0.15, -0.1) is 0 Å². The number of Topliss-reactive ketones (excluding diaryl/α,β-unsaturated/α-hetero) is 1. The van der Waals surface area contributed by atoms with Gasteiger partial charge in [0, 0.05) is 17.3 Å². The molecule has 26 heavy (non-hydrogen) atoms. The predicted octanol–water partition coefficient (Wildman–Crippen LogP) is 3.61. The van der Waals surface area contributed by atoms with Crippen molar-refractivity contribution >= 4 is 29.4 Å². The van der Waals surface area contributed by atoms with Gasteiger partial charge in [-0.2, -0.15) is 0 Å². The SMILES string of the molecule is CC(=O)c1ccc(NC(=O)[C@H](C)OC(=O)/C=C/c2cccc(F)c2)cc1. The van der Waals surface area contributed by atoms with Crippen molar-refractivity contribution in [2.24, 2.45) is 0 Å². The van der Waals surface area contributed by atoms with Crippen molar-refractivity contribution in [2.75, 3.05) is 5.32 Å². The maximum absolute atomic E-state index is 13.1. The summed E-state index contributed by atoms with van der Waals surface area (Å²) in [6.45, 7) is 2.89. The van der Waals surface area contributed by atoms with E-state index in [1.54, 1.807) is 30.3 Å². The van der Waals surface area contributed by atoms with Crippen molar-refractivity contribution in [3.8, 4) is 0 Å². The standard InChI is InChI=1S/C20H18FNO4/c1-13(23)16-7-9-18(10-8-16)22-20(25)14(2)26-19(24)11-6-15-4-3-5-17(21)12-15/h3-12,14H,1-2H3,(H,22,25)/b11-6+/t14-/m0/s1. The zero-order chi connectivity index (χ0) is 19.1. The lowest BCUT2D eigenvalue weighted by Crippen LogP contribution is -2.29. The first-order valence-electron chi connectivity index (χ1n) is 7.91. The normalized spacial score (nSPS) is 11.8. The quantitative estimate of drug-likeness (QED) is 0.488. The number of ketones is 1. The predicted molar refractivity (Wildman–Crippen MR) is 96.1 cm³/mol. The van der Waals surface area contributed by atoms with Crippen LogP contribution in [-0.2, 0) is 14.3 Å². The Morgan fingerprint density at radius 2 is 1.81 bits per heavy atom. The Bertz CT molecular complexity index is 843. The van der Waals surface area contributed by atoms with Crippen LogP contribution in [-0.4, -0.2) is 23.8 Å². The fourth-order valence-corrected chi connectivity index (χ4v) is 2.07. The van der Waals surface area contributed by atoms with Crippen LogP contribution >= 0.6 is 0 Å². The van der Waals surface area contributed by atoms with Crippen LogP contribution in [0.4, 0.5) is 10.1 Å². The number of anilines is 1. The van der Waals surface area contributed by atoms with Gasteiger partial charge in [-0.05, 0) is 61.9 Å². The molecule has 0 aromatic heterocycles. The van der Waals surface area contributed by atoms with Gasteiger partial charge in [-0.25, -0.2) is 9.18 Å². The van der Waals surface area contributed by atoms with Gasteiger partial charge in [-0.1, -0.05) is 12.1 Å². The van der Waals surface area contributed by atoms with E-state index in [1.807, 2.05) is 0 Å². The van der Waals surface area contributed by atoms with Crippen molar-refractivity contribution in [2.45, 2.75) is 20.0 Å². The molecular weight excluding hydrogens is 337 g/mol. The second-order valence-corrected chi connectivity index (χ2v) is 5.59. The van der Waals surface area contributed by atoms with E-state index in [9.17, 15) is 18.8 Å². The smallest absolute Gasteiger partial charge is 0.331 e. The van der Waals surface area contributed by atoms with Crippen molar-refractivity contribution in [3.05, 3.63) is 71.6 Å². The number of ether oxygens (including phenoxy) is 1. The number of hydrogen-bond donors (Lipinski definition) is 1. The number of amides is 1. The molecule has 1 amide bonds. The van der Waals surface area contributed by atoms with E-state index in [0.29, 0.717) is 16.8 Å². The molecule has 6 heteroatoms. The molecular formula is C20H18FNO4. The summed E-state index contributed by atoms with van der Waals surface area (Å²) in [6, 6.07) is 12.1. The number of halogens is 1. The van der Waals surface area contributed by atoms with Gasteiger partial charge in [-0.3, -0.25) is 9.59 Å². The lowest BCUT2D eigenvalue weighted by Gasteiger charge is -2.12. The first kappa shape index (κ1) is 19.1. The molecule has 0 bridgehead atoms. The topological polar surface area (TPSA) is 72.5 Å². The molecule has 0 fully saturated rings. The largest absolute Gasteiger partial charge is 0.449 e. The highest BCUT2D eigenvalue weighted by atomic mass is 19.1. The van der Waals surface area contributed by atoms with Crippen LogP contribution in [0.2, 0.25) is 0 Å². The maximum Gasteiger partial charge on any atom is 0.331 e. The molecule has 5 nitrogen and oxygen atoms in total. The molecule has 134 valence electrons. The number of carbonyl (C=O) groups excluding carboxylic acids is 3. The Morgan fingerprint density at radius 1 is 1.12 bits per heavy atom. The number of benzene rings is 2. The number of esters is 1. The minimum atomic E-state index is -1.02. The van der Waals surface area contributed by atoms with E-state index in [1.165, 1.54) is 38.1 Å². The molecule has 0 radical (unpaired) electrons. The zero-order valence-electron chi connectivity index (χ0n) is 14.4. The van der Waals surface area contributed by atoms with Gasteiger partial charge in [0.25, 0.3) is 5.91 Å². The van der Waals surface area contributed by atoms with Gasteiger partial charge in [0.2, 0.25) is 0 Å². The molecule has 2 aromatic rings. The minimum absolute atomic E-state index is 0.0738. The van der Waals surface area contributed by atoms with Crippen LogP contribution in [0.1, 0.15) is 29.8 Å². The summed E-state index contributed by atoms with van der Waals surface area (Å²) >= 11 is 0. The first-order chi connectivity index (χ1) is 12.3. The zero-order valence-corrected chi connectivity index (χ0v) is 14.4. The summed E-state index contributed by atoms with van der Waals surface area (Å²) in [4.78, 5) is 35.0. The summed E-state index contributed by atoms with van der Waals surface area (Å²) < 4.78 is 18.1. The number of rotatable bonds is 6. The minimum Gasteiger partial charge on any atom is -0.449 e. The number of hydrogen-bond acceptors (Lipinski definition) is 4. The first-order valence-corrected chi connectivity index (χ1v) is 7.91. The van der Waals surface area contributed by atoms with E-state index >= 15 is 0 Å². The highest BCUT2D eigenvalue weighted by molar-refractivity contribution is 5.98. The van der Waals surface area contributed by atoms with Crippen LogP contribution in [0.15, 0.2) is 54.6 Å². The summed E-state index contributed by atoms with van der Waals surface area (Å²) in [5, 5.41) is 2.59. The van der Waals surface area contributed by atoms with Crippen LogP contribution in [0.3, 0.4) is 0 Å². The second kappa shape index (κ2) is 8.71. The van der Waals surface area contributed by atoms with Gasteiger partial charge in [0.15, 0.2) is 11.9 Å². The van der Waals surface area contributed by atoms with E-state index in [4.69, 9.17) is 4.74 Å². The highest BCUT2D eigenvalue weighted by Crippen LogP contribution is 2.11. The second-order valence-electron chi connectivity index (χ2n) is 5.59. The molecule has 0 aliphatic carbocycles. The van der Waals surface area contributed by atoms with E-state index < -0.39 is 23.8 Å².